The summed E-state index contributed by atoms with van der Waals surface area (Å²) in [5.41, 5.74) is 1.18. The van der Waals surface area contributed by atoms with E-state index in [1.165, 1.54) is 17.8 Å². The summed E-state index contributed by atoms with van der Waals surface area (Å²) < 4.78 is 18.8. The Balaban J connectivity index is 1.47. The van der Waals surface area contributed by atoms with Crippen molar-refractivity contribution < 1.29 is 9.13 Å². The van der Waals surface area contributed by atoms with Gasteiger partial charge in [0.1, 0.15) is 11.6 Å². The van der Waals surface area contributed by atoms with E-state index in [1.54, 1.807) is 12.1 Å². The lowest BCUT2D eigenvalue weighted by atomic mass is 9.92. The third-order valence-corrected chi connectivity index (χ3v) is 3.94. The van der Waals surface area contributed by atoms with Crippen LogP contribution in [0, 0.1) is 5.82 Å². The molecule has 2 aromatic rings. The highest BCUT2D eigenvalue weighted by molar-refractivity contribution is 5.43. The van der Waals surface area contributed by atoms with Gasteiger partial charge < -0.3 is 10.1 Å². The van der Waals surface area contributed by atoms with Crippen molar-refractivity contribution in [2.75, 3.05) is 5.32 Å². The van der Waals surface area contributed by atoms with Crippen molar-refractivity contribution in [3.05, 3.63) is 60.4 Å². The monoisotopic (exact) mass is 285 g/mol. The number of hydrogen-bond donors (Lipinski definition) is 1. The number of anilines is 1. The molecule has 21 heavy (non-hydrogen) atoms. The van der Waals surface area contributed by atoms with Gasteiger partial charge in [-0.3, -0.25) is 0 Å². The van der Waals surface area contributed by atoms with Gasteiger partial charge in [-0.25, -0.2) is 4.39 Å². The maximum atomic E-state index is 12.9. The highest BCUT2D eigenvalue weighted by Gasteiger charge is 2.22. The van der Waals surface area contributed by atoms with Crippen molar-refractivity contribution in [3.8, 4) is 5.75 Å². The molecule has 0 saturated heterocycles. The normalized spacial score (nSPS) is 21.8. The van der Waals surface area contributed by atoms with Crippen molar-refractivity contribution in [1.82, 2.24) is 0 Å². The number of benzene rings is 2. The molecule has 110 valence electrons. The summed E-state index contributed by atoms with van der Waals surface area (Å²) in [6.07, 6.45) is 4.50. The molecule has 0 unspecified atom stereocenters. The number of halogens is 1. The third kappa shape index (κ3) is 3.97. The van der Waals surface area contributed by atoms with Crippen LogP contribution in [0.5, 0.6) is 5.75 Å². The molecule has 2 aromatic carbocycles. The minimum atomic E-state index is -0.224. The van der Waals surface area contributed by atoms with Gasteiger partial charge in [0.25, 0.3) is 0 Å². The van der Waals surface area contributed by atoms with Crippen molar-refractivity contribution in [3.63, 3.8) is 0 Å². The fourth-order valence-corrected chi connectivity index (χ4v) is 2.80. The van der Waals surface area contributed by atoms with Crippen molar-refractivity contribution >= 4 is 5.69 Å². The second-order valence-corrected chi connectivity index (χ2v) is 5.56. The maximum absolute atomic E-state index is 12.9. The van der Waals surface area contributed by atoms with E-state index in [-0.39, 0.29) is 11.9 Å². The van der Waals surface area contributed by atoms with Crippen molar-refractivity contribution in [2.45, 2.75) is 37.8 Å². The molecule has 0 radical (unpaired) electrons. The second-order valence-electron chi connectivity index (χ2n) is 5.56. The Kier molecular flexibility index (Phi) is 4.39. The quantitative estimate of drug-likeness (QED) is 0.884. The summed E-state index contributed by atoms with van der Waals surface area (Å²) in [5.74, 6) is 0.536. The fraction of sp³-hybridized carbons (Fsp3) is 0.333. The summed E-state index contributed by atoms with van der Waals surface area (Å²) in [6.45, 7) is 0. The Morgan fingerprint density at radius 3 is 2.19 bits per heavy atom. The largest absolute Gasteiger partial charge is 0.490 e. The van der Waals surface area contributed by atoms with Gasteiger partial charge in [-0.1, -0.05) is 18.2 Å². The minimum Gasteiger partial charge on any atom is -0.490 e. The molecule has 1 saturated carbocycles. The van der Waals surface area contributed by atoms with Gasteiger partial charge in [-0.15, -0.1) is 0 Å². The van der Waals surface area contributed by atoms with Crippen molar-refractivity contribution in [1.29, 1.82) is 0 Å². The first kappa shape index (κ1) is 13.9. The molecule has 3 heteroatoms. The van der Waals surface area contributed by atoms with Gasteiger partial charge in [-0.2, -0.15) is 0 Å². The number of hydrogen-bond acceptors (Lipinski definition) is 2. The Morgan fingerprint density at radius 1 is 0.857 bits per heavy atom. The van der Waals surface area contributed by atoms with Gasteiger partial charge in [0, 0.05) is 11.7 Å². The summed E-state index contributed by atoms with van der Waals surface area (Å²) in [6, 6.07) is 17.1. The second kappa shape index (κ2) is 6.61. The molecule has 0 amide bonds. The lowest BCUT2D eigenvalue weighted by molar-refractivity contribution is 0.150. The van der Waals surface area contributed by atoms with Gasteiger partial charge in [-0.05, 0) is 62.1 Å². The number of nitrogens with one attached hydrogen (secondary N) is 1. The van der Waals surface area contributed by atoms with E-state index in [2.05, 4.69) is 17.4 Å². The van der Waals surface area contributed by atoms with Gasteiger partial charge in [0.05, 0.1) is 6.10 Å². The molecular formula is C18H20FNO. The van der Waals surface area contributed by atoms with E-state index in [4.69, 9.17) is 4.74 Å². The minimum absolute atomic E-state index is 0.224. The Morgan fingerprint density at radius 2 is 1.52 bits per heavy atom. The van der Waals surface area contributed by atoms with Crippen LogP contribution in [0.1, 0.15) is 25.7 Å². The molecule has 0 atom stereocenters. The summed E-state index contributed by atoms with van der Waals surface area (Å²) >= 11 is 0. The van der Waals surface area contributed by atoms with E-state index in [9.17, 15) is 4.39 Å². The molecule has 3 rings (SSSR count). The zero-order valence-electron chi connectivity index (χ0n) is 12.0. The average Bonchev–Trinajstić information content (AvgIpc) is 2.53. The zero-order valence-corrected chi connectivity index (χ0v) is 12.0. The van der Waals surface area contributed by atoms with E-state index in [1.807, 2.05) is 18.2 Å². The van der Waals surface area contributed by atoms with Crippen molar-refractivity contribution in [2.24, 2.45) is 0 Å². The van der Waals surface area contributed by atoms with Gasteiger partial charge in [0.2, 0.25) is 0 Å². The molecule has 0 spiro atoms. The first-order valence-corrected chi connectivity index (χ1v) is 7.53. The molecule has 1 N–H and O–H groups in total. The molecule has 0 heterocycles. The van der Waals surface area contributed by atoms with Crippen LogP contribution < -0.4 is 10.1 Å². The first-order chi connectivity index (χ1) is 10.3. The fourth-order valence-electron chi connectivity index (χ4n) is 2.80. The highest BCUT2D eigenvalue weighted by Crippen LogP contribution is 2.26. The molecule has 0 bridgehead atoms. The Hall–Kier alpha value is -2.03. The van der Waals surface area contributed by atoms with E-state index in [0.29, 0.717) is 6.04 Å². The topological polar surface area (TPSA) is 21.3 Å². The number of rotatable bonds is 4. The number of para-hydroxylation sites is 1. The van der Waals surface area contributed by atoms with Crippen LogP contribution >= 0.6 is 0 Å². The molecular weight excluding hydrogens is 265 g/mol. The van der Waals surface area contributed by atoms with Crippen LogP contribution in [0.15, 0.2) is 54.6 Å². The van der Waals surface area contributed by atoms with E-state index >= 15 is 0 Å². The highest BCUT2D eigenvalue weighted by atomic mass is 19.1. The summed E-state index contributed by atoms with van der Waals surface area (Å²) in [4.78, 5) is 0. The predicted molar refractivity (Wildman–Crippen MR) is 83.1 cm³/mol. The molecule has 0 aliphatic heterocycles. The van der Waals surface area contributed by atoms with Crippen LogP contribution in [0.2, 0.25) is 0 Å². The molecule has 1 aliphatic carbocycles. The molecule has 1 fully saturated rings. The van der Waals surface area contributed by atoms with Crippen LogP contribution in [-0.4, -0.2) is 12.1 Å². The average molecular weight is 285 g/mol. The number of ether oxygens (including phenoxy) is 1. The van der Waals surface area contributed by atoms with E-state index < -0.39 is 0 Å². The summed E-state index contributed by atoms with van der Waals surface area (Å²) in [5, 5.41) is 3.57. The van der Waals surface area contributed by atoms with Crippen LogP contribution in [-0.2, 0) is 0 Å². The Bertz CT molecular complexity index is 547. The molecule has 0 aromatic heterocycles. The first-order valence-electron chi connectivity index (χ1n) is 7.53. The molecule has 1 aliphatic rings. The smallest absolute Gasteiger partial charge is 0.123 e. The lowest BCUT2D eigenvalue weighted by Crippen LogP contribution is -2.31. The predicted octanol–water partition coefficient (Wildman–Crippen LogP) is 4.63. The standard InChI is InChI=1S/C18H20FNO/c19-14-6-10-17(11-7-14)21-18-12-8-16(9-13-18)20-15-4-2-1-3-5-15/h1-7,10-11,16,18,20H,8-9,12-13H2/t16-,18+. The van der Waals surface area contributed by atoms with Crippen LogP contribution in [0.25, 0.3) is 0 Å². The lowest BCUT2D eigenvalue weighted by Gasteiger charge is -2.30. The van der Waals surface area contributed by atoms with E-state index in [0.717, 1.165) is 31.4 Å². The maximum Gasteiger partial charge on any atom is 0.123 e. The Labute approximate surface area is 125 Å². The van der Waals surface area contributed by atoms with Crippen LogP contribution in [0.3, 0.4) is 0 Å². The SMILES string of the molecule is Fc1ccc(O[C@H]2CC[C@@H](Nc3ccccc3)CC2)cc1. The zero-order chi connectivity index (χ0) is 14.5. The van der Waals surface area contributed by atoms with Gasteiger partial charge in [0.15, 0.2) is 0 Å². The molecule has 2 nitrogen and oxygen atoms in total. The third-order valence-electron chi connectivity index (χ3n) is 3.94. The van der Waals surface area contributed by atoms with Crippen LogP contribution in [0.4, 0.5) is 10.1 Å². The summed E-state index contributed by atoms with van der Waals surface area (Å²) in [7, 11) is 0. The van der Waals surface area contributed by atoms with Gasteiger partial charge >= 0.3 is 0 Å².